The average molecular weight is 390 g/mol. The summed E-state index contributed by atoms with van der Waals surface area (Å²) in [5.74, 6) is -1.16. The Labute approximate surface area is 162 Å². The van der Waals surface area contributed by atoms with Gasteiger partial charge in [0.15, 0.2) is 11.5 Å². The second kappa shape index (κ2) is 8.98. The quantitative estimate of drug-likeness (QED) is 0.672. The summed E-state index contributed by atoms with van der Waals surface area (Å²) < 4.78 is 21.0. The first-order valence-electron chi connectivity index (χ1n) is 8.33. The Morgan fingerprint density at radius 3 is 1.86 bits per heavy atom. The van der Waals surface area contributed by atoms with E-state index in [9.17, 15) is 19.8 Å². The van der Waals surface area contributed by atoms with Crippen LogP contribution < -0.4 is 18.9 Å². The molecule has 8 heteroatoms. The Balaban J connectivity index is 2.47. The number of carboxylic acid groups (broad SMARTS) is 2. The third-order valence-corrected chi connectivity index (χ3v) is 4.32. The third kappa shape index (κ3) is 4.11. The molecule has 0 atom stereocenters. The van der Waals surface area contributed by atoms with Crippen molar-refractivity contribution in [3.8, 4) is 23.0 Å². The van der Waals surface area contributed by atoms with Crippen LogP contribution in [0.5, 0.6) is 23.0 Å². The molecule has 0 aromatic heterocycles. The molecule has 0 radical (unpaired) electrons. The topological polar surface area (TPSA) is 112 Å². The summed E-state index contributed by atoms with van der Waals surface area (Å²) >= 11 is 0. The normalized spacial score (nSPS) is 10.3. The molecule has 0 amide bonds. The molecule has 0 aliphatic rings. The number of carboxylic acids is 2. The lowest BCUT2D eigenvalue weighted by atomic mass is 9.96. The van der Waals surface area contributed by atoms with Crippen molar-refractivity contribution >= 4 is 11.9 Å². The van der Waals surface area contributed by atoms with Crippen LogP contribution in [-0.2, 0) is 12.8 Å². The van der Waals surface area contributed by atoms with Gasteiger partial charge in [0.2, 0.25) is 5.75 Å². The van der Waals surface area contributed by atoms with Gasteiger partial charge in [-0.1, -0.05) is 6.07 Å². The first kappa shape index (κ1) is 20.9. The fourth-order valence-electron chi connectivity index (χ4n) is 3.00. The predicted molar refractivity (Wildman–Crippen MR) is 100 cm³/mol. The first-order valence-corrected chi connectivity index (χ1v) is 8.33. The van der Waals surface area contributed by atoms with Crippen LogP contribution in [0.15, 0.2) is 24.3 Å². The van der Waals surface area contributed by atoms with Gasteiger partial charge in [0.05, 0.1) is 34.0 Å². The molecule has 0 spiro atoms. The van der Waals surface area contributed by atoms with E-state index in [-0.39, 0.29) is 34.8 Å². The van der Waals surface area contributed by atoms with Gasteiger partial charge in [0.25, 0.3) is 0 Å². The van der Waals surface area contributed by atoms with E-state index in [1.54, 1.807) is 12.1 Å². The molecule has 0 bridgehead atoms. The van der Waals surface area contributed by atoms with Gasteiger partial charge < -0.3 is 29.2 Å². The SMILES string of the molecule is COc1ccc(CCc2c(C(=O)O)cc(OC)c(OC)c2OC)cc1C(=O)O. The molecular weight excluding hydrogens is 368 g/mol. The maximum Gasteiger partial charge on any atom is 0.339 e. The van der Waals surface area contributed by atoms with Crippen molar-refractivity contribution in [1.82, 2.24) is 0 Å². The van der Waals surface area contributed by atoms with Crippen molar-refractivity contribution in [1.29, 1.82) is 0 Å². The third-order valence-electron chi connectivity index (χ3n) is 4.32. The fourth-order valence-corrected chi connectivity index (χ4v) is 3.00. The second-order valence-corrected chi connectivity index (χ2v) is 5.82. The summed E-state index contributed by atoms with van der Waals surface area (Å²) in [5, 5.41) is 18.9. The second-order valence-electron chi connectivity index (χ2n) is 5.82. The molecule has 2 aromatic carbocycles. The number of aryl methyl sites for hydroxylation is 1. The molecule has 28 heavy (non-hydrogen) atoms. The van der Waals surface area contributed by atoms with E-state index in [1.165, 1.54) is 40.6 Å². The smallest absolute Gasteiger partial charge is 0.339 e. The number of ether oxygens (including phenoxy) is 4. The van der Waals surface area contributed by atoms with E-state index in [4.69, 9.17) is 18.9 Å². The molecule has 2 rings (SSSR count). The standard InChI is InChI=1S/C20H22O8/c1-25-15-8-6-11(9-14(15)20(23)24)5-7-12-13(19(21)22)10-16(26-2)18(28-4)17(12)27-3/h6,8-10H,5,7H2,1-4H3,(H,21,22)(H,23,24). The van der Waals surface area contributed by atoms with Crippen LogP contribution in [0.4, 0.5) is 0 Å². The number of rotatable bonds is 9. The Kier molecular flexibility index (Phi) is 6.70. The van der Waals surface area contributed by atoms with Gasteiger partial charge in [0, 0.05) is 5.56 Å². The zero-order valence-corrected chi connectivity index (χ0v) is 16.1. The van der Waals surface area contributed by atoms with E-state index in [2.05, 4.69) is 0 Å². The van der Waals surface area contributed by atoms with Gasteiger partial charge in [-0.15, -0.1) is 0 Å². The number of aromatic carboxylic acids is 2. The number of benzene rings is 2. The van der Waals surface area contributed by atoms with Gasteiger partial charge in [-0.2, -0.15) is 0 Å². The summed E-state index contributed by atoms with van der Waals surface area (Å²) in [6.45, 7) is 0. The van der Waals surface area contributed by atoms with Gasteiger partial charge in [-0.25, -0.2) is 9.59 Å². The van der Waals surface area contributed by atoms with E-state index in [0.717, 1.165) is 0 Å². The van der Waals surface area contributed by atoms with E-state index >= 15 is 0 Å². The molecule has 0 fully saturated rings. The Morgan fingerprint density at radius 2 is 1.36 bits per heavy atom. The molecule has 0 heterocycles. The van der Waals surface area contributed by atoms with Gasteiger partial charge in [-0.3, -0.25) is 0 Å². The molecule has 0 saturated carbocycles. The summed E-state index contributed by atoms with van der Waals surface area (Å²) in [4.78, 5) is 23.1. The summed E-state index contributed by atoms with van der Waals surface area (Å²) in [6.07, 6.45) is 0.674. The monoisotopic (exact) mass is 390 g/mol. The highest BCUT2D eigenvalue weighted by Crippen LogP contribution is 2.42. The number of hydrogen-bond acceptors (Lipinski definition) is 6. The van der Waals surface area contributed by atoms with Crippen LogP contribution in [-0.4, -0.2) is 50.6 Å². The lowest BCUT2D eigenvalue weighted by Crippen LogP contribution is -2.09. The van der Waals surface area contributed by atoms with Crippen molar-refractivity contribution in [2.75, 3.05) is 28.4 Å². The van der Waals surface area contributed by atoms with Gasteiger partial charge in [-0.05, 0) is 36.6 Å². The van der Waals surface area contributed by atoms with Crippen LogP contribution in [0.25, 0.3) is 0 Å². The molecule has 2 N–H and O–H groups in total. The molecular formula is C20H22O8. The van der Waals surface area contributed by atoms with Gasteiger partial charge in [0.1, 0.15) is 11.3 Å². The summed E-state index contributed by atoms with van der Waals surface area (Å²) in [5.41, 5.74) is 1.21. The van der Waals surface area contributed by atoms with Crippen LogP contribution in [0.2, 0.25) is 0 Å². The molecule has 0 saturated heterocycles. The molecule has 0 unspecified atom stereocenters. The predicted octanol–water partition coefficient (Wildman–Crippen LogP) is 2.90. The van der Waals surface area contributed by atoms with Crippen molar-refractivity contribution in [3.05, 3.63) is 46.5 Å². The van der Waals surface area contributed by atoms with Crippen molar-refractivity contribution in [2.24, 2.45) is 0 Å². The minimum Gasteiger partial charge on any atom is -0.496 e. The van der Waals surface area contributed by atoms with Gasteiger partial charge >= 0.3 is 11.9 Å². The Bertz CT molecular complexity index is 888. The first-order chi connectivity index (χ1) is 13.4. The minimum absolute atomic E-state index is 0.0291. The lowest BCUT2D eigenvalue weighted by molar-refractivity contribution is 0.0683. The maximum atomic E-state index is 11.7. The highest BCUT2D eigenvalue weighted by atomic mass is 16.5. The van der Waals surface area contributed by atoms with Crippen molar-refractivity contribution < 1.29 is 38.7 Å². The average Bonchev–Trinajstić information content (AvgIpc) is 2.70. The Hall–Kier alpha value is -3.42. The number of methoxy groups -OCH3 is 4. The summed E-state index contributed by atoms with van der Waals surface area (Å²) in [7, 11) is 5.66. The van der Waals surface area contributed by atoms with Crippen LogP contribution in [0.3, 0.4) is 0 Å². The zero-order chi connectivity index (χ0) is 20.8. The van der Waals surface area contributed by atoms with Crippen molar-refractivity contribution in [3.63, 3.8) is 0 Å². The van der Waals surface area contributed by atoms with Crippen LogP contribution >= 0.6 is 0 Å². The molecule has 2 aromatic rings. The Morgan fingerprint density at radius 1 is 0.750 bits per heavy atom. The van der Waals surface area contributed by atoms with Crippen LogP contribution in [0, 0.1) is 0 Å². The molecule has 8 nitrogen and oxygen atoms in total. The van der Waals surface area contributed by atoms with Crippen LogP contribution in [0.1, 0.15) is 31.8 Å². The molecule has 0 aliphatic heterocycles. The molecule has 150 valence electrons. The van der Waals surface area contributed by atoms with E-state index in [1.807, 2.05) is 0 Å². The largest absolute Gasteiger partial charge is 0.496 e. The number of carbonyl (C=O) groups is 2. The van der Waals surface area contributed by atoms with E-state index in [0.29, 0.717) is 23.3 Å². The molecule has 0 aliphatic carbocycles. The fraction of sp³-hybridized carbons (Fsp3) is 0.300. The maximum absolute atomic E-state index is 11.7. The summed E-state index contributed by atoms with van der Waals surface area (Å²) in [6, 6.07) is 6.20. The number of hydrogen-bond donors (Lipinski definition) is 2. The zero-order valence-electron chi connectivity index (χ0n) is 16.1. The van der Waals surface area contributed by atoms with Crippen molar-refractivity contribution in [2.45, 2.75) is 12.8 Å². The highest BCUT2D eigenvalue weighted by molar-refractivity contribution is 5.92. The highest BCUT2D eigenvalue weighted by Gasteiger charge is 2.24. The lowest BCUT2D eigenvalue weighted by Gasteiger charge is -2.18. The van der Waals surface area contributed by atoms with E-state index < -0.39 is 11.9 Å². The minimum atomic E-state index is -1.13.